The molecule has 0 saturated heterocycles. The lowest BCUT2D eigenvalue weighted by molar-refractivity contribution is -0.691. The van der Waals surface area contributed by atoms with Gasteiger partial charge in [0.25, 0.3) is 5.82 Å². The Labute approximate surface area is 123 Å². The van der Waals surface area contributed by atoms with Crippen LogP contribution in [0, 0.1) is 0 Å². The molecule has 0 aromatic carbocycles. The second kappa shape index (κ2) is 6.63. The summed E-state index contributed by atoms with van der Waals surface area (Å²) in [5, 5.41) is 1.14. The number of thioether (sulfide) groups is 1. The fraction of sp³-hybridized carbons (Fsp3) is 0.636. The molecule has 0 N–H and O–H groups in total. The van der Waals surface area contributed by atoms with Gasteiger partial charge in [-0.25, -0.2) is 9.13 Å². The molecule has 4 nitrogen and oxygen atoms in total. The number of imidazole rings is 1. The van der Waals surface area contributed by atoms with Crippen molar-refractivity contribution >= 4 is 17.7 Å². The van der Waals surface area contributed by atoms with Crippen LogP contribution in [0.4, 0.5) is 0 Å². The summed E-state index contributed by atoms with van der Waals surface area (Å²) in [4.78, 5) is 11.2. The van der Waals surface area contributed by atoms with Gasteiger partial charge in [-0.05, 0) is 13.3 Å². The minimum Gasteiger partial charge on any atom is -1.00 e. The molecule has 1 aliphatic rings. The number of ether oxygens (including phenoxy) is 1. The topological polar surface area (TPSA) is 35.1 Å². The highest BCUT2D eigenvalue weighted by molar-refractivity contribution is 7.99. The Bertz CT molecular complexity index is 406. The number of aryl methyl sites for hydroxylation is 1. The monoisotopic (exact) mass is 368 g/mol. The van der Waals surface area contributed by atoms with Crippen LogP contribution in [0.2, 0.25) is 0 Å². The Kier molecular flexibility index (Phi) is 5.78. The van der Waals surface area contributed by atoms with E-state index < -0.39 is 0 Å². The number of esters is 1. The van der Waals surface area contributed by atoms with Gasteiger partial charge in [-0.15, -0.1) is 0 Å². The highest BCUT2D eigenvalue weighted by Gasteiger charge is 2.25. The van der Waals surface area contributed by atoms with Crippen molar-refractivity contribution in [1.82, 2.24) is 4.57 Å². The fourth-order valence-electron chi connectivity index (χ4n) is 2.00. The standard InChI is InChI=1S/C11H17N2O2S.HI/c1-3-15-11(14)8-16-10-7-13-6-4-5-9(13)12(10)2;/h7H,3-6,8H2,1-2H3;1H/q+1;/p-1. The molecule has 0 saturated carbocycles. The first-order chi connectivity index (χ1) is 7.72. The predicted molar refractivity (Wildman–Crippen MR) is 61.3 cm³/mol. The summed E-state index contributed by atoms with van der Waals surface area (Å²) in [6, 6.07) is 0. The van der Waals surface area contributed by atoms with Gasteiger partial charge in [0.05, 0.1) is 32.4 Å². The molecule has 0 radical (unpaired) electrons. The summed E-state index contributed by atoms with van der Waals surface area (Å²) in [5.41, 5.74) is 0. The van der Waals surface area contributed by atoms with Gasteiger partial charge in [-0.2, -0.15) is 0 Å². The van der Waals surface area contributed by atoms with Crippen molar-refractivity contribution < 1.29 is 38.1 Å². The first-order valence-electron chi connectivity index (χ1n) is 5.59. The van der Waals surface area contributed by atoms with Gasteiger partial charge in [0.15, 0.2) is 0 Å². The molecule has 1 aliphatic heterocycles. The van der Waals surface area contributed by atoms with E-state index in [1.165, 1.54) is 12.2 Å². The third kappa shape index (κ3) is 3.37. The maximum absolute atomic E-state index is 11.2. The smallest absolute Gasteiger partial charge is 0.316 e. The molecule has 1 aromatic heterocycles. The number of aromatic nitrogens is 2. The zero-order chi connectivity index (χ0) is 11.5. The number of fused-ring (bicyclic) bond motifs is 1. The third-order valence-corrected chi connectivity index (χ3v) is 3.81. The highest BCUT2D eigenvalue weighted by Crippen LogP contribution is 2.20. The molecule has 2 heterocycles. The van der Waals surface area contributed by atoms with Crippen LogP contribution >= 0.6 is 11.8 Å². The van der Waals surface area contributed by atoms with E-state index in [1.807, 2.05) is 6.92 Å². The van der Waals surface area contributed by atoms with E-state index in [0.717, 1.165) is 18.0 Å². The van der Waals surface area contributed by atoms with Gasteiger partial charge in [0.2, 0.25) is 5.03 Å². The van der Waals surface area contributed by atoms with Gasteiger partial charge in [-0.3, -0.25) is 4.79 Å². The lowest BCUT2D eigenvalue weighted by Crippen LogP contribution is -3.00. The first kappa shape index (κ1) is 14.8. The fourth-order valence-corrected chi connectivity index (χ4v) is 2.85. The van der Waals surface area contributed by atoms with Crippen molar-refractivity contribution in [2.24, 2.45) is 7.05 Å². The number of rotatable bonds is 4. The molecular weight excluding hydrogens is 351 g/mol. The molecule has 0 amide bonds. The largest absolute Gasteiger partial charge is 1.00 e. The summed E-state index contributed by atoms with van der Waals surface area (Å²) >= 11 is 1.55. The molecule has 0 spiro atoms. The lowest BCUT2D eigenvalue weighted by atomic mass is 10.4. The molecule has 6 heteroatoms. The molecule has 0 unspecified atom stereocenters. The molecule has 0 bridgehead atoms. The summed E-state index contributed by atoms with van der Waals surface area (Å²) in [6.07, 6.45) is 4.49. The quantitative estimate of drug-likeness (QED) is 0.265. The molecule has 96 valence electrons. The Morgan fingerprint density at radius 2 is 2.41 bits per heavy atom. The maximum Gasteiger partial charge on any atom is 0.316 e. The van der Waals surface area contributed by atoms with Crippen LogP contribution in [-0.4, -0.2) is 22.9 Å². The number of hydrogen-bond donors (Lipinski definition) is 0. The van der Waals surface area contributed by atoms with E-state index in [-0.39, 0.29) is 29.9 Å². The van der Waals surface area contributed by atoms with E-state index in [9.17, 15) is 4.79 Å². The number of nitrogens with zero attached hydrogens (tertiary/aromatic N) is 2. The SMILES string of the molecule is CCOC(=O)CSc1c[n+]2c(n1C)CCC2.[I-]. The van der Waals surface area contributed by atoms with E-state index in [4.69, 9.17) is 4.74 Å². The van der Waals surface area contributed by atoms with Crippen LogP contribution in [-0.2, 0) is 29.5 Å². The molecule has 0 aliphatic carbocycles. The lowest BCUT2D eigenvalue weighted by Gasteiger charge is -1.99. The number of halogens is 1. The predicted octanol–water partition coefficient (Wildman–Crippen LogP) is -2.08. The molecule has 0 fully saturated rings. The maximum atomic E-state index is 11.2. The molecule has 1 aromatic rings. The van der Waals surface area contributed by atoms with Gasteiger partial charge in [0, 0.05) is 0 Å². The van der Waals surface area contributed by atoms with Crippen LogP contribution in [0.25, 0.3) is 0 Å². The van der Waals surface area contributed by atoms with Crippen LogP contribution in [0.15, 0.2) is 11.2 Å². The van der Waals surface area contributed by atoms with Gasteiger partial charge in [0.1, 0.15) is 6.20 Å². The van der Waals surface area contributed by atoms with Crippen molar-refractivity contribution in [2.75, 3.05) is 12.4 Å². The molecular formula is C11H17IN2O2S. The van der Waals surface area contributed by atoms with E-state index in [1.54, 1.807) is 11.8 Å². The zero-order valence-electron chi connectivity index (χ0n) is 10.1. The van der Waals surface area contributed by atoms with E-state index >= 15 is 0 Å². The van der Waals surface area contributed by atoms with Crippen molar-refractivity contribution in [3.8, 4) is 0 Å². The number of hydrogen-bond acceptors (Lipinski definition) is 3. The van der Waals surface area contributed by atoms with Gasteiger partial charge >= 0.3 is 5.97 Å². The normalized spacial score (nSPS) is 13.1. The Balaban J connectivity index is 0.00000144. The van der Waals surface area contributed by atoms with Crippen molar-refractivity contribution in [3.05, 3.63) is 12.0 Å². The average molecular weight is 368 g/mol. The first-order valence-corrected chi connectivity index (χ1v) is 6.57. The van der Waals surface area contributed by atoms with Gasteiger partial charge in [-0.1, -0.05) is 11.8 Å². The van der Waals surface area contributed by atoms with Gasteiger partial charge < -0.3 is 28.7 Å². The molecule has 17 heavy (non-hydrogen) atoms. The summed E-state index contributed by atoms with van der Waals surface area (Å²) in [6.45, 7) is 3.39. The molecule has 2 rings (SSSR count). The average Bonchev–Trinajstić information content (AvgIpc) is 2.80. The zero-order valence-corrected chi connectivity index (χ0v) is 13.1. The van der Waals surface area contributed by atoms with Crippen LogP contribution in [0.5, 0.6) is 0 Å². The van der Waals surface area contributed by atoms with Crippen LogP contribution < -0.4 is 28.5 Å². The second-order valence-electron chi connectivity index (χ2n) is 3.83. The summed E-state index contributed by atoms with van der Waals surface area (Å²) in [5.74, 6) is 1.61. The highest BCUT2D eigenvalue weighted by atomic mass is 127. The Morgan fingerprint density at radius 3 is 3.06 bits per heavy atom. The minimum absolute atomic E-state index is 0. The van der Waals surface area contributed by atoms with Crippen molar-refractivity contribution in [1.29, 1.82) is 0 Å². The summed E-state index contributed by atoms with van der Waals surface area (Å²) in [7, 11) is 2.06. The second-order valence-corrected chi connectivity index (χ2v) is 4.83. The van der Waals surface area contributed by atoms with E-state index in [2.05, 4.69) is 22.4 Å². The van der Waals surface area contributed by atoms with E-state index in [0.29, 0.717) is 12.4 Å². The third-order valence-electron chi connectivity index (χ3n) is 2.76. The van der Waals surface area contributed by atoms with Crippen LogP contribution in [0.1, 0.15) is 19.2 Å². The van der Waals surface area contributed by atoms with Crippen molar-refractivity contribution in [3.63, 3.8) is 0 Å². The number of carbonyl (C=O) groups is 1. The van der Waals surface area contributed by atoms with Crippen molar-refractivity contribution in [2.45, 2.75) is 31.3 Å². The Hall–Kier alpha value is -0.240. The number of carbonyl (C=O) groups excluding carboxylic acids is 1. The molecule has 0 atom stereocenters. The Morgan fingerprint density at radius 1 is 1.65 bits per heavy atom. The van der Waals surface area contributed by atoms with Crippen LogP contribution in [0.3, 0.4) is 0 Å². The minimum atomic E-state index is -0.140. The summed E-state index contributed by atoms with van der Waals surface area (Å²) < 4.78 is 9.35.